The molecule has 0 aromatic heterocycles. The van der Waals surface area contributed by atoms with E-state index in [1.165, 1.54) is 19.4 Å². The van der Waals surface area contributed by atoms with Gasteiger partial charge in [-0.3, -0.25) is 9.59 Å². The molecule has 2 aromatic rings. The van der Waals surface area contributed by atoms with Crippen LogP contribution in [0.1, 0.15) is 43.9 Å². The Labute approximate surface area is 149 Å². The lowest BCUT2D eigenvalue weighted by atomic mass is 9.96. The SMILES string of the molecule is CC(=O)NC(CC(CCc1ccccc1)OC(C)=O)c1ccccc1. The summed E-state index contributed by atoms with van der Waals surface area (Å²) < 4.78 is 5.52. The molecule has 4 heteroatoms. The highest BCUT2D eigenvalue weighted by atomic mass is 16.5. The summed E-state index contributed by atoms with van der Waals surface area (Å²) in [6, 6.07) is 19.7. The molecule has 2 rings (SSSR count). The molecule has 2 atom stereocenters. The maximum absolute atomic E-state index is 11.6. The Bertz CT molecular complexity index is 670. The van der Waals surface area contributed by atoms with Crippen LogP contribution < -0.4 is 5.32 Å². The zero-order valence-electron chi connectivity index (χ0n) is 14.8. The number of hydrogen-bond donors (Lipinski definition) is 1. The summed E-state index contributed by atoms with van der Waals surface area (Å²) in [6.45, 7) is 2.92. The van der Waals surface area contributed by atoms with Crippen molar-refractivity contribution in [3.05, 3.63) is 71.8 Å². The molecule has 2 aromatic carbocycles. The van der Waals surface area contributed by atoms with Gasteiger partial charge < -0.3 is 10.1 Å². The molecule has 4 nitrogen and oxygen atoms in total. The van der Waals surface area contributed by atoms with Crippen LogP contribution in [-0.2, 0) is 20.7 Å². The molecular formula is C21H25NO3. The van der Waals surface area contributed by atoms with Gasteiger partial charge in [-0.25, -0.2) is 0 Å². The van der Waals surface area contributed by atoms with Crippen LogP contribution in [0.15, 0.2) is 60.7 Å². The highest BCUT2D eigenvalue weighted by Gasteiger charge is 2.21. The lowest BCUT2D eigenvalue weighted by molar-refractivity contribution is -0.147. The zero-order valence-corrected chi connectivity index (χ0v) is 14.8. The number of esters is 1. The van der Waals surface area contributed by atoms with Gasteiger partial charge in [0.2, 0.25) is 5.91 Å². The molecule has 0 saturated heterocycles. The number of rotatable bonds is 8. The Kier molecular flexibility index (Phi) is 7.20. The van der Waals surface area contributed by atoms with Gasteiger partial charge in [-0.2, -0.15) is 0 Å². The summed E-state index contributed by atoms with van der Waals surface area (Å²) in [4.78, 5) is 23.1. The highest BCUT2D eigenvalue weighted by Crippen LogP contribution is 2.22. The van der Waals surface area contributed by atoms with E-state index in [1.54, 1.807) is 0 Å². The maximum Gasteiger partial charge on any atom is 0.302 e. The van der Waals surface area contributed by atoms with Crippen LogP contribution in [0.5, 0.6) is 0 Å². The fourth-order valence-electron chi connectivity index (χ4n) is 2.90. The van der Waals surface area contributed by atoms with Gasteiger partial charge in [0.25, 0.3) is 0 Å². The first kappa shape index (κ1) is 18.7. The third-order valence-electron chi connectivity index (χ3n) is 4.01. The molecule has 0 saturated carbocycles. The third kappa shape index (κ3) is 6.79. The second-order valence-corrected chi connectivity index (χ2v) is 6.16. The molecule has 0 aliphatic carbocycles. The van der Waals surface area contributed by atoms with Crippen LogP contribution in [0.3, 0.4) is 0 Å². The van der Waals surface area contributed by atoms with E-state index < -0.39 is 0 Å². The van der Waals surface area contributed by atoms with E-state index >= 15 is 0 Å². The molecular weight excluding hydrogens is 314 g/mol. The Morgan fingerprint density at radius 3 is 2.12 bits per heavy atom. The van der Waals surface area contributed by atoms with Crippen LogP contribution >= 0.6 is 0 Å². The Hall–Kier alpha value is -2.62. The number of amides is 1. The second kappa shape index (κ2) is 9.62. The van der Waals surface area contributed by atoms with Crippen LogP contribution in [0.25, 0.3) is 0 Å². The smallest absolute Gasteiger partial charge is 0.302 e. The van der Waals surface area contributed by atoms with Gasteiger partial charge in [0.1, 0.15) is 6.10 Å². The fraction of sp³-hybridized carbons (Fsp3) is 0.333. The molecule has 0 aliphatic rings. The van der Waals surface area contributed by atoms with E-state index in [0.717, 1.165) is 12.0 Å². The maximum atomic E-state index is 11.6. The first-order valence-electron chi connectivity index (χ1n) is 8.58. The van der Waals surface area contributed by atoms with Crippen molar-refractivity contribution in [1.29, 1.82) is 0 Å². The first-order valence-corrected chi connectivity index (χ1v) is 8.58. The molecule has 25 heavy (non-hydrogen) atoms. The summed E-state index contributed by atoms with van der Waals surface area (Å²) in [6.07, 6.45) is 1.83. The molecule has 2 unspecified atom stereocenters. The predicted molar refractivity (Wildman–Crippen MR) is 97.9 cm³/mol. The summed E-state index contributed by atoms with van der Waals surface area (Å²) >= 11 is 0. The van der Waals surface area contributed by atoms with E-state index in [2.05, 4.69) is 17.4 Å². The molecule has 0 spiro atoms. The van der Waals surface area contributed by atoms with E-state index in [1.807, 2.05) is 48.5 Å². The average molecular weight is 339 g/mol. The van der Waals surface area contributed by atoms with Gasteiger partial charge in [-0.15, -0.1) is 0 Å². The normalized spacial score (nSPS) is 12.9. The minimum Gasteiger partial charge on any atom is -0.462 e. The van der Waals surface area contributed by atoms with E-state index in [4.69, 9.17) is 4.74 Å². The number of benzene rings is 2. The van der Waals surface area contributed by atoms with Crippen LogP contribution in [0, 0.1) is 0 Å². The minimum atomic E-state index is -0.298. The van der Waals surface area contributed by atoms with Crippen molar-refractivity contribution in [1.82, 2.24) is 5.32 Å². The fourth-order valence-corrected chi connectivity index (χ4v) is 2.90. The molecule has 0 aliphatic heterocycles. The van der Waals surface area contributed by atoms with Gasteiger partial charge in [0.15, 0.2) is 0 Å². The third-order valence-corrected chi connectivity index (χ3v) is 4.01. The van der Waals surface area contributed by atoms with Crippen molar-refractivity contribution in [3.8, 4) is 0 Å². The molecule has 0 bridgehead atoms. The number of aryl methyl sites for hydroxylation is 1. The topological polar surface area (TPSA) is 55.4 Å². The van der Waals surface area contributed by atoms with Gasteiger partial charge in [0.05, 0.1) is 6.04 Å². The van der Waals surface area contributed by atoms with Crippen molar-refractivity contribution in [2.75, 3.05) is 0 Å². The summed E-state index contributed by atoms with van der Waals surface area (Å²) in [5.74, 6) is -0.397. The van der Waals surface area contributed by atoms with E-state index in [9.17, 15) is 9.59 Å². The van der Waals surface area contributed by atoms with Crippen molar-refractivity contribution in [2.24, 2.45) is 0 Å². The molecule has 1 N–H and O–H groups in total. The van der Waals surface area contributed by atoms with Crippen LogP contribution in [-0.4, -0.2) is 18.0 Å². The van der Waals surface area contributed by atoms with Crippen molar-refractivity contribution in [3.63, 3.8) is 0 Å². The van der Waals surface area contributed by atoms with Crippen LogP contribution in [0.2, 0.25) is 0 Å². The number of carbonyl (C=O) groups excluding carboxylic acids is 2. The van der Waals surface area contributed by atoms with E-state index in [0.29, 0.717) is 12.8 Å². The Morgan fingerprint density at radius 1 is 0.960 bits per heavy atom. The average Bonchev–Trinajstić information content (AvgIpc) is 2.60. The second-order valence-electron chi connectivity index (χ2n) is 6.16. The van der Waals surface area contributed by atoms with Crippen molar-refractivity contribution < 1.29 is 14.3 Å². The quantitative estimate of drug-likeness (QED) is 0.744. The summed E-state index contributed by atoms with van der Waals surface area (Å²) in [5.41, 5.74) is 2.21. The predicted octanol–water partition coefficient (Wildman–Crippen LogP) is 3.82. The van der Waals surface area contributed by atoms with Gasteiger partial charge in [-0.05, 0) is 24.0 Å². The first-order chi connectivity index (χ1) is 12.0. The lowest BCUT2D eigenvalue weighted by Gasteiger charge is -2.24. The number of ether oxygens (including phenoxy) is 1. The largest absolute Gasteiger partial charge is 0.462 e. The Balaban J connectivity index is 2.08. The number of carbonyl (C=O) groups is 2. The lowest BCUT2D eigenvalue weighted by Crippen LogP contribution is -2.31. The molecule has 132 valence electrons. The van der Waals surface area contributed by atoms with Crippen molar-refractivity contribution in [2.45, 2.75) is 45.3 Å². The molecule has 1 amide bonds. The number of nitrogens with one attached hydrogen (secondary N) is 1. The molecule has 0 fully saturated rings. The standard InChI is InChI=1S/C21H25NO3/c1-16(23)22-21(19-11-7-4-8-12-19)15-20(25-17(2)24)14-13-18-9-5-3-6-10-18/h3-12,20-21H,13-15H2,1-2H3,(H,22,23). The van der Waals surface area contributed by atoms with Gasteiger partial charge in [0, 0.05) is 20.3 Å². The molecule has 0 heterocycles. The molecule has 0 radical (unpaired) electrons. The van der Waals surface area contributed by atoms with Gasteiger partial charge in [-0.1, -0.05) is 60.7 Å². The zero-order chi connectivity index (χ0) is 18.1. The summed E-state index contributed by atoms with van der Waals surface area (Å²) in [7, 11) is 0. The van der Waals surface area contributed by atoms with Crippen molar-refractivity contribution >= 4 is 11.9 Å². The monoisotopic (exact) mass is 339 g/mol. The highest BCUT2D eigenvalue weighted by molar-refractivity contribution is 5.73. The number of hydrogen-bond acceptors (Lipinski definition) is 3. The Morgan fingerprint density at radius 2 is 1.56 bits per heavy atom. The van der Waals surface area contributed by atoms with Gasteiger partial charge >= 0.3 is 5.97 Å². The minimum absolute atomic E-state index is 0.0986. The van der Waals surface area contributed by atoms with E-state index in [-0.39, 0.29) is 24.0 Å². The van der Waals surface area contributed by atoms with Crippen LogP contribution in [0.4, 0.5) is 0 Å². The summed E-state index contributed by atoms with van der Waals surface area (Å²) in [5, 5.41) is 2.97.